The predicted molar refractivity (Wildman–Crippen MR) is 68.9 cm³/mol. The molecule has 0 spiro atoms. The highest BCUT2D eigenvalue weighted by Gasteiger charge is 2.20. The summed E-state index contributed by atoms with van der Waals surface area (Å²) >= 11 is 1.75. The first-order valence-corrected chi connectivity index (χ1v) is 7.23. The Morgan fingerprint density at radius 2 is 2.19 bits per heavy atom. The predicted octanol–water partition coefficient (Wildman–Crippen LogP) is 2.57. The van der Waals surface area contributed by atoms with Gasteiger partial charge in [0.2, 0.25) is 0 Å². The zero-order chi connectivity index (χ0) is 11.2. The quantitative estimate of drug-likeness (QED) is 0.792. The van der Waals surface area contributed by atoms with E-state index in [0.29, 0.717) is 6.04 Å². The lowest BCUT2D eigenvalue weighted by molar-refractivity contribution is 0.120. The van der Waals surface area contributed by atoms with E-state index in [1.807, 2.05) is 0 Å². The third kappa shape index (κ3) is 3.58. The molecule has 2 atom stereocenters. The standard InChI is InChI=1S/C13H21NOS/c15-13-5-3-1-2-4-12(13)14-8-6-11-7-9-16-10-11/h7,9-10,12-15H,1-6,8H2. The third-order valence-electron chi connectivity index (χ3n) is 3.38. The summed E-state index contributed by atoms with van der Waals surface area (Å²) in [6.45, 7) is 0.985. The lowest BCUT2D eigenvalue weighted by Crippen LogP contribution is -2.40. The molecular weight excluding hydrogens is 218 g/mol. The Labute approximate surface area is 102 Å². The maximum Gasteiger partial charge on any atom is 0.0693 e. The van der Waals surface area contributed by atoms with Crippen LogP contribution in [0.2, 0.25) is 0 Å². The van der Waals surface area contributed by atoms with E-state index in [9.17, 15) is 5.11 Å². The smallest absolute Gasteiger partial charge is 0.0693 e. The van der Waals surface area contributed by atoms with Crippen LogP contribution in [-0.2, 0) is 6.42 Å². The van der Waals surface area contributed by atoms with Crippen molar-refractivity contribution >= 4 is 11.3 Å². The van der Waals surface area contributed by atoms with Crippen molar-refractivity contribution in [3.05, 3.63) is 22.4 Å². The Balaban J connectivity index is 1.71. The molecule has 1 saturated carbocycles. The van der Waals surface area contributed by atoms with E-state index >= 15 is 0 Å². The first kappa shape index (κ1) is 12.1. The van der Waals surface area contributed by atoms with Gasteiger partial charge in [0.05, 0.1) is 6.10 Å². The van der Waals surface area contributed by atoms with Crippen LogP contribution in [0.15, 0.2) is 16.8 Å². The van der Waals surface area contributed by atoms with Gasteiger partial charge in [-0.25, -0.2) is 0 Å². The molecule has 3 heteroatoms. The van der Waals surface area contributed by atoms with Crippen LogP contribution in [0.25, 0.3) is 0 Å². The Kier molecular flexibility index (Phi) is 4.82. The van der Waals surface area contributed by atoms with Crippen LogP contribution in [0.5, 0.6) is 0 Å². The lowest BCUT2D eigenvalue weighted by Gasteiger charge is -2.21. The second-order valence-electron chi connectivity index (χ2n) is 4.65. The Hall–Kier alpha value is -0.380. The zero-order valence-electron chi connectivity index (χ0n) is 9.69. The Morgan fingerprint density at radius 1 is 1.31 bits per heavy atom. The first-order chi connectivity index (χ1) is 7.86. The molecule has 1 fully saturated rings. The summed E-state index contributed by atoms with van der Waals surface area (Å²) in [6, 6.07) is 2.50. The first-order valence-electron chi connectivity index (χ1n) is 6.29. The minimum atomic E-state index is -0.134. The fourth-order valence-corrected chi connectivity index (χ4v) is 3.07. The van der Waals surface area contributed by atoms with Gasteiger partial charge in [-0.2, -0.15) is 11.3 Å². The fourth-order valence-electron chi connectivity index (χ4n) is 2.36. The molecule has 0 amide bonds. The summed E-state index contributed by atoms with van der Waals surface area (Å²) in [5, 5.41) is 17.8. The van der Waals surface area contributed by atoms with Gasteiger partial charge in [-0.05, 0) is 48.2 Å². The van der Waals surface area contributed by atoms with Gasteiger partial charge in [0.25, 0.3) is 0 Å². The average molecular weight is 239 g/mol. The van der Waals surface area contributed by atoms with Gasteiger partial charge in [0.15, 0.2) is 0 Å². The molecule has 0 saturated heterocycles. The average Bonchev–Trinajstić information content (AvgIpc) is 2.71. The van der Waals surface area contributed by atoms with Gasteiger partial charge in [-0.1, -0.05) is 19.3 Å². The van der Waals surface area contributed by atoms with Crippen LogP contribution >= 0.6 is 11.3 Å². The molecule has 0 bridgehead atoms. The number of aliphatic hydroxyl groups excluding tert-OH is 1. The highest BCUT2D eigenvalue weighted by Crippen LogP contribution is 2.18. The summed E-state index contributed by atoms with van der Waals surface area (Å²) in [5.74, 6) is 0. The lowest BCUT2D eigenvalue weighted by atomic mass is 10.1. The monoisotopic (exact) mass is 239 g/mol. The molecule has 2 rings (SSSR count). The molecule has 1 heterocycles. The van der Waals surface area contributed by atoms with Crippen LogP contribution < -0.4 is 5.32 Å². The number of hydrogen-bond acceptors (Lipinski definition) is 3. The molecule has 1 aromatic rings. The molecular formula is C13H21NOS. The summed E-state index contributed by atoms with van der Waals surface area (Å²) in [4.78, 5) is 0. The van der Waals surface area contributed by atoms with E-state index in [2.05, 4.69) is 22.1 Å². The summed E-state index contributed by atoms with van der Waals surface area (Å²) in [5.41, 5.74) is 1.40. The molecule has 1 aromatic heterocycles. The second kappa shape index (κ2) is 6.38. The van der Waals surface area contributed by atoms with Gasteiger partial charge in [-0.3, -0.25) is 0 Å². The normalized spacial score (nSPS) is 26.6. The maximum absolute atomic E-state index is 9.95. The van der Waals surface area contributed by atoms with Crippen molar-refractivity contribution in [2.45, 2.75) is 50.7 Å². The summed E-state index contributed by atoms with van der Waals surface area (Å²) < 4.78 is 0. The van der Waals surface area contributed by atoms with Crippen LogP contribution in [0.4, 0.5) is 0 Å². The molecule has 2 N–H and O–H groups in total. The van der Waals surface area contributed by atoms with Gasteiger partial charge in [-0.15, -0.1) is 0 Å². The summed E-state index contributed by atoms with van der Waals surface area (Å²) in [6.07, 6.45) is 6.76. The summed E-state index contributed by atoms with van der Waals surface area (Å²) in [7, 11) is 0. The van der Waals surface area contributed by atoms with E-state index in [0.717, 1.165) is 25.8 Å². The van der Waals surface area contributed by atoms with Crippen molar-refractivity contribution < 1.29 is 5.11 Å². The molecule has 0 radical (unpaired) electrons. The Morgan fingerprint density at radius 3 is 3.00 bits per heavy atom. The van der Waals surface area contributed by atoms with Crippen molar-refractivity contribution in [1.29, 1.82) is 0 Å². The molecule has 1 aliphatic rings. The van der Waals surface area contributed by atoms with E-state index in [1.165, 1.54) is 24.8 Å². The van der Waals surface area contributed by atoms with Gasteiger partial charge in [0.1, 0.15) is 0 Å². The molecule has 16 heavy (non-hydrogen) atoms. The molecule has 0 aromatic carbocycles. The highest BCUT2D eigenvalue weighted by atomic mass is 32.1. The van der Waals surface area contributed by atoms with Gasteiger partial charge in [0, 0.05) is 6.04 Å². The highest BCUT2D eigenvalue weighted by molar-refractivity contribution is 7.07. The topological polar surface area (TPSA) is 32.3 Å². The van der Waals surface area contributed by atoms with Crippen molar-refractivity contribution in [3.8, 4) is 0 Å². The zero-order valence-corrected chi connectivity index (χ0v) is 10.5. The minimum Gasteiger partial charge on any atom is -0.392 e. The molecule has 0 aliphatic heterocycles. The van der Waals surface area contributed by atoms with Gasteiger partial charge >= 0.3 is 0 Å². The van der Waals surface area contributed by atoms with Crippen LogP contribution in [0, 0.1) is 0 Å². The molecule has 1 aliphatic carbocycles. The number of nitrogens with one attached hydrogen (secondary N) is 1. The van der Waals surface area contributed by atoms with Crippen molar-refractivity contribution in [2.75, 3.05) is 6.54 Å². The van der Waals surface area contributed by atoms with Crippen LogP contribution in [0.1, 0.15) is 37.7 Å². The molecule has 2 nitrogen and oxygen atoms in total. The van der Waals surface area contributed by atoms with Crippen LogP contribution in [0.3, 0.4) is 0 Å². The number of aliphatic hydroxyl groups is 1. The number of rotatable bonds is 4. The largest absolute Gasteiger partial charge is 0.392 e. The van der Waals surface area contributed by atoms with Crippen molar-refractivity contribution in [3.63, 3.8) is 0 Å². The van der Waals surface area contributed by atoms with E-state index in [1.54, 1.807) is 11.3 Å². The fraction of sp³-hybridized carbons (Fsp3) is 0.692. The number of hydrogen-bond donors (Lipinski definition) is 2. The van der Waals surface area contributed by atoms with Crippen molar-refractivity contribution in [1.82, 2.24) is 5.32 Å². The van der Waals surface area contributed by atoms with Crippen LogP contribution in [-0.4, -0.2) is 23.8 Å². The second-order valence-corrected chi connectivity index (χ2v) is 5.43. The Bertz CT molecular complexity index is 286. The number of thiophene rings is 1. The minimum absolute atomic E-state index is 0.134. The molecule has 2 unspecified atom stereocenters. The maximum atomic E-state index is 9.95. The van der Waals surface area contributed by atoms with Crippen molar-refractivity contribution in [2.24, 2.45) is 0 Å². The SMILES string of the molecule is OC1CCCCCC1NCCc1ccsc1. The molecule has 90 valence electrons. The van der Waals surface area contributed by atoms with E-state index in [-0.39, 0.29) is 6.10 Å². The van der Waals surface area contributed by atoms with E-state index in [4.69, 9.17) is 0 Å². The van der Waals surface area contributed by atoms with Gasteiger partial charge < -0.3 is 10.4 Å². The van der Waals surface area contributed by atoms with E-state index < -0.39 is 0 Å². The third-order valence-corrected chi connectivity index (χ3v) is 4.11.